The normalized spacial score (nSPS) is 31.3. The lowest BCUT2D eigenvalue weighted by molar-refractivity contribution is -0.306. The van der Waals surface area contributed by atoms with Crippen molar-refractivity contribution in [3.8, 4) is 0 Å². The minimum atomic E-state index is -2.30. The molecule has 2 amide bonds. The topological polar surface area (TPSA) is 213 Å². The standard InChI is InChI=1S/C45H54N2O13/c1-24-29(58-39(53)33(50)32(27-16-12-10-13-17-27)46-40(54)47-41(4,5)6)22-45(55)37(59-38(52)28-18-14-11-15-19-28)35-43(9,21-20-30-44(35,23-56-30)60-26(3)49)36(51)34(57-25(2)48)31(24)42(45,7)8/h10-21,29-30,32-35,37,50,55H,22-23H2,1-9H3,(H2,46,47,54)/t29-,30+,32-,33+,34+,35?,37?,43+,44-,45+/m0/s1. The lowest BCUT2D eigenvalue weighted by Gasteiger charge is -2.65. The third kappa shape index (κ3) is 7.74. The van der Waals surface area contributed by atoms with Gasteiger partial charge in [-0.1, -0.05) is 74.5 Å². The fourth-order valence-corrected chi connectivity index (χ4v) is 9.44. The Hall–Kier alpha value is -5.38. The summed E-state index contributed by atoms with van der Waals surface area (Å²) in [6.45, 7) is 13.7. The number of carbonyl (C=O) groups is 6. The number of aliphatic hydroxyl groups is 2. The van der Waals surface area contributed by atoms with Crippen LogP contribution in [0.2, 0.25) is 0 Å². The molecule has 60 heavy (non-hydrogen) atoms. The second-order valence-electron chi connectivity index (χ2n) is 17.9. The summed E-state index contributed by atoms with van der Waals surface area (Å²) in [4.78, 5) is 82.8. The minimum absolute atomic E-state index is 0.0772. The Kier molecular flexibility index (Phi) is 11.7. The molecule has 15 heteroatoms. The van der Waals surface area contributed by atoms with E-state index >= 15 is 4.79 Å². The number of urea groups is 1. The molecule has 0 spiro atoms. The van der Waals surface area contributed by atoms with Gasteiger partial charge in [0.15, 0.2) is 23.6 Å². The van der Waals surface area contributed by atoms with E-state index in [1.165, 1.54) is 19.1 Å². The van der Waals surface area contributed by atoms with Gasteiger partial charge in [0.05, 0.1) is 29.5 Å². The fourth-order valence-electron chi connectivity index (χ4n) is 9.44. The van der Waals surface area contributed by atoms with E-state index in [9.17, 15) is 34.2 Å². The van der Waals surface area contributed by atoms with Gasteiger partial charge in [-0.3, -0.25) is 14.4 Å². The number of hydrogen-bond acceptors (Lipinski definition) is 13. The monoisotopic (exact) mass is 830 g/mol. The maximum atomic E-state index is 15.4. The number of Topliss-reactive ketones (excluding diaryl/α,β-unsaturated/α-hetero) is 1. The van der Waals surface area contributed by atoms with Gasteiger partial charge in [-0.05, 0) is 63.5 Å². The van der Waals surface area contributed by atoms with Crippen LogP contribution in [-0.2, 0) is 42.9 Å². The van der Waals surface area contributed by atoms with Gasteiger partial charge in [-0.2, -0.15) is 0 Å². The highest BCUT2D eigenvalue weighted by Crippen LogP contribution is 2.63. The van der Waals surface area contributed by atoms with Crippen LogP contribution in [0.1, 0.15) is 90.7 Å². The van der Waals surface area contributed by atoms with Crippen molar-refractivity contribution < 1.29 is 62.7 Å². The largest absolute Gasteiger partial charge is 0.456 e. The molecule has 0 radical (unpaired) electrons. The average molecular weight is 831 g/mol. The van der Waals surface area contributed by atoms with E-state index in [0.29, 0.717) is 5.56 Å². The van der Waals surface area contributed by atoms with Crippen LogP contribution in [0.4, 0.5) is 4.79 Å². The van der Waals surface area contributed by atoms with Crippen LogP contribution in [0.25, 0.3) is 0 Å². The highest BCUT2D eigenvalue weighted by atomic mass is 16.6. The highest BCUT2D eigenvalue weighted by molar-refractivity contribution is 5.96. The molecule has 2 aromatic rings. The van der Waals surface area contributed by atoms with Crippen LogP contribution >= 0.6 is 0 Å². The van der Waals surface area contributed by atoms with Crippen molar-refractivity contribution in [2.75, 3.05) is 6.61 Å². The molecular formula is C45H54N2O13. The lowest BCUT2D eigenvalue weighted by Crippen LogP contribution is -2.78. The van der Waals surface area contributed by atoms with E-state index in [1.54, 1.807) is 109 Å². The first kappa shape index (κ1) is 44.2. The minimum Gasteiger partial charge on any atom is -0.456 e. The summed E-state index contributed by atoms with van der Waals surface area (Å²) in [6, 6.07) is 14.3. The Morgan fingerprint density at radius 2 is 1.52 bits per heavy atom. The molecule has 15 nitrogen and oxygen atoms in total. The predicted octanol–water partition coefficient (Wildman–Crippen LogP) is 4.21. The quantitative estimate of drug-likeness (QED) is 0.159. The Bertz CT molecular complexity index is 2110. The summed E-state index contributed by atoms with van der Waals surface area (Å²) in [6.07, 6.45) is -5.12. The summed E-state index contributed by atoms with van der Waals surface area (Å²) in [5.41, 5.74) is -7.18. The first-order valence-electron chi connectivity index (χ1n) is 19.9. The Morgan fingerprint density at radius 3 is 2.07 bits per heavy atom. The number of carbonyl (C=O) groups excluding carboxylic acids is 6. The van der Waals surface area contributed by atoms with E-state index in [1.807, 2.05) is 0 Å². The van der Waals surface area contributed by atoms with Gasteiger partial charge in [0, 0.05) is 31.2 Å². The molecule has 1 saturated heterocycles. The smallest absolute Gasteiger partial charge is 0.338 e. The number of aliphatic hydroxyl groups excluding tert-OH is 1. The SMILES string of the molecule is CC(=O)O[C@H]1C(=O)[C@]2(C)C=C[C@H]3OC[C@@]3(OC(C)=O)C2C(OC(=O)c2ccccc2)[C@]2(O)C[C@H](OC(=O)[C@H](O)[C@@H](NC(=O)NC(C)(C)C)c3ccccc3)C(C)=C1C2(C)C. The Labute approximate surface area is 348 Å². The number of amides is 2. The zero-order chi connectivity index (χ0) is 44.2. The molecule has 1 heterocycles. The van der Waals surface area contributed by atoms with E-state index in [2.05, 4.69) is 10.6 Å². The van der Waals surface area contributed by atoms with Crippen molar-refractivity contribution in [1.82, 2.24) is 10.6 Å². The number of esters is 4. The fraction of sp³-hybridized carbons (Fsp3) is 0.511. The van der Waals surface area contributed by atoms with E-state index in [-0.39, 0.29) is 23.3 Å². The van der Waals surface area contributed by atoms with Crippen LogP contribution in [0.5, 0.6) is 0 Å². The molecule has 0 aromatic heterocycles. The second-order valence-corrected chi connectivity index (χ2v) is 17.9. The van der Waals surface area contributed by atoms with Gasteiger partial charge in [0.25, 0.3) is 0 Å². The van der Waals surface area contributed by atoms with Gasteiger partial charge < -0.3 is 44.5 Å². The van der Waals surface area contributed by atoms with Crippen molar-refractivity contribution in [3.05, 3.63) is 95.1 Å². The van der Waals surface area contributed by atoms with E-state index < -0.39 is 112 Å². The van der Waals surface area contributed by atoms with E-state index in [4.69, 9.17) is 23.7 Å². The van der Waals surface area contributed by atoms with Crippen LogP contribution in [0, 0.1) is 16.7 Å². The number of nitrogens with one attached hydrogen (secondary N) is 2. The van der Waals surface area contributed by atoms with Gasteiger partial charge in [0.1, 0.15) is 23.9 Å². The summed E-state index contributed by atoms with van der Waals surface area (Å²) in [5.74, 6) is -5.69. The number of ketones is 1. The second kappa shape index (κ2) is 15.9. The predicted molar refractivity (Wildman–Crippen MR) is 214 cm³/mol. The number of rotatable bonds is 9. The Morgan fingerprint density at radius 1 is 0.900 bits per heavy atom. The Balaban J connectivity index is 1.52. The molecule has 1 saturated carbocycles. The number of hydrogen-bond donors (Lipinski definition) is 4. The molecule has 2 fully saturated rings. The van der Waals surface area contributed by atoms with Gasteiger partial charge in [-0.25, -0.2) is 14.4 Å². The highest BCUT2D eigenvalue weighted by Gasteiger charge is 2.75. The molecule has 2 aromatic carbocycles. The van der Waals surface area contributed by atoms with Crippen LogP contribution in [0.3, 0.4) is 0 Å². The lowest BCUT2D eigenvalue weighted by atomic mass is 9.46. The number of allylic oxidation sites excluding steroid dienone is 1. The number of ether oxygens (including phenoxy) is 5. The third-order valence-electron chi connectivity index (χ3n) is 12.3. The summed E-state index contributed by atoms with van der Waals surface area (Å²) in [7, 11) is 0. The molecule has 1 aliphatic heterocycles. The van der Waals surface area contributed by atoms with Gasteiger partial charge in [0.2, 0.25) is 0 Å². The van der Waals surface area contributed by atoms with Crippen molar-refractivity contribution in [3.63, 3.8) is 0 Å². The van der Waals surface area contributed by atoms with E-state index in [0.717, 1.165) is 6.92 Å². The maximum Gasteiger partial charge on any atom is 0.338 e. The molecule has 3 aliphatic carbocycles. The first-order valence-corrected chi connectivity index (χ1v) is 19.9. The number of benzene rings is 2. The van der Waals surface area contributed by atoms with Crippen molar-refractivity contribution in [2.24, 2.45) is 16.7 Å². The summed E-state index contributed by atoms with van der Waals surface area (Å²) in [5, 5.41) is 30.7. The molecule has 2 bridgehead atoms. The van der Waals surface area contributed by atoms with Crippen LogP contribution in [-0.4, -0.2) is 99.8 Å². The van der Waals surface area contributed by atoms with Crippen molar-refractivity contribution >= 4 is 35.7 Å². The zero-order valence-electron chi connectivity index (χ0n) is 35.3. The van der Waals surface area contributed by atoms with Gasteiger partial charge >= 0.3 is 29.9 Å². The molecule has 2 unspecified atom stereocenters. The molecule has 4 aliphatic rings. The van der Waals surface area contributed by atoms with Crippen LogP contribution in [0.15, 0.2) is 84.0 Å². The average Bonchev–Trinajstić information content (AvgIpc) is 3.15. The molecule has 322 valence electrons. The molecule has 10 atom stereocenters. The molecule has 4 N–H and O–H groups in total. The zero-order valence-corrected chi connectivity index (χ0v) is 35.3. The van der Waals surface area contributed by atoms with Crippen molar-refractivity contribution in [1.29, 1.82) is 0 Å². The van der Waals surface area contributed by atoms with Gasteiger partial charge in [-0.15, -0.1) is 0 Å². The number of fused-ring (bicyclic) bond motifs is 5. The van der Waals surface area contributed by atoms with Crippen LogP contribution < -0.4 is 10.6 Å². The molecule has 6 rings (SSSR count). The first-order chi connectivity index (χ1) is 28.0. The maximum absolute atomic E-state index is 15.4. The van der Waals surface area contributed by atoms with Crippen molar-refractivity contribution in [2.45, 2.75) is 122 Å². The third-order valence-corrected chi connectivity index (χ3v) is 12.3. The molecular weight excluding hydrogens is 776 g/mol. The summed E-state index contributed by atoms with van der Waals surface area (Å²) < 4.78 is 30.3. The summed E-state index contributed by atoms with van der Waals surface area (Å²) >= 11 is 0.